The van der Waals surface area contributed by atoms with Gasteiger partial charge in [-0.2, -0.15) is 0 Å². The van der Waals surface area contributed by atoms with E-state index in [2.05, 4.69) is 4.99 Å². The van der Waals surface area contributed by atoms with E-state index in [0.717, 1.165) is 11.6 Å². The minimum Gasteiger partial charge on any atom is -0.467 e. The SMILES string of the molecule is NC(=NCc1ccco1)C1CC1. The summed E-state index contributed by atoms with van der Waals surface area (Å²) < 4.78 is 5.12. The summed E-state index contributed by atoms with van der Waals surface area (Å²) in [5, 5.41) is 0. The summed E-state index contributed by atoms with van der Waals surface area (Å²) in [4.78, 5) is 4.23. The standard InChI is InChI=1S/C9H12N2O/c10-9(7-3-4-7)11-6-8-2-1-5-12-8/h1-2,5,7H,3-4,6H2,(H2,10,11). The fraction of sp³-hybridized carbons (Fsp3) is 0.444. The third-order valence-corrected chi connectivity index (χ3v) is 1.99. The van der Waals surface area contributed by atoms with Crippen molar-refractivity contribution in [3.63, 3.8) is 0 Å². The predicted molar refractivity (Wildman–Crippen MR) is 46.8 cm³/mol. The van der Waals surface area contributed by atoms with Crippen molar-refractivity contribution in [3.05, 3.63) is 24.2 Å². The average Bonchev–Trinajstić information content (AvgIpc) is 2.80. The van der Waals surface area contributed by atoms with Gasteiger partial charge in [-0.25, -0.2) is 0 Å². The van der Waals surface area contributed by atoms with Gasteiger partial charge in [-0.3, -0.25) is 4.99 Å². The number of nitrogens with two attached hydrogens (primary N) is 1. The Morgan fingerprint density at radius 2 is 2.50 bits per heavy atom. The number of hydrogen-bond donors (Lipinski definition) is 1. The number of furan rings is 1. The van der Waals surface area contributed by atoms with Crippen LogP contribution >= 0.6 is 0 Å². The van der Waals surface area contributed by atoms with Crippen LogP contribution in [0.15, 0.2) is 27.8 Å². The minimum atomic E-state index is 0.556. The van der Waals surface area contributed by atoms with Crippen LogP contribution in [-0.2, 0) is 6.54 Å². The van der Waals surface area contributed by atoms with Gasteiger partial charge in [0.15, 0.2) is 0 Å². The molecule has 1 saturated carbocycles. The van der Waals surface area contributed by atoms with E-state index in [1.54, 1.807) is 6.26 Å². The van der Waals surface area contributed by atoms with Crippen LogP contribution in [0.1, 0.15) is 18.6 Å². The Balaban J connectivity index is 1.91. The number of rotatable bonds is 3. The molecule has 1 heterocycles. The first-order valence-corrected chi connectivity index (χ1v) is 4.18. The molecule has 0 amide bonds. The highest BCUT2D eigenvalue weighted by molar-refractivity contribution is 5.84. The molecule has 0 spiro atoms. The summed E-state index contributed by atoms with van der Waals surface area (Å²) in [5.74, 6) is 2.21. The Kier molecular flexibility index (Phi) is 1.86. The van der Waals surface area contributed by atoms with Crippen molar-refractivity contribution < 1.29 is 4.42 Å². The maximum atomic E-state index is 5.70. The molecule has 0 saturated heterocycles. The van der Waals surface area contributed by atoms with Gasteiger partial charge in [0, 0.05) is 5.92 Å². The van der Waals surface area contributed by atoms with Crippen molar-refractivity contribution in [2.45, 2.75) is 19.4 Å². The summed E-state index contributed by atoms with van der Waals surface area (Å²) in [6, 6.07) is 3.77. The quantitative estimate of drug-likeness (QED) is 0.544. The van der Waals surface area contributed by atoms with Gasteiger partial charge in [-0.1, -0.05) is 0 Å². The zero-order valence-corrected chi connectivity index (χ0v) is 6.86. The molecule has 0 bridgehead atoms. The smallest absolute Gasteiger partial charge is 0.125 e. The molecule has 1 aliphatic rings. The summed E-state index contributed by atoms with van der Waals surface area (Å²) in [5.41, 5.74) is 5.70. The molecule has 12 heavy (non-hydrogen) atoms. The Bertz CT molecular complexity index is 273. The molecule has 0 atom stereocenters. The maximum Gasteiger partial charge on any atom is 0.125 e. The van der Waals surface area contributed by atoms with Crippen LogP contribution < -0.4 is 5.73 Å². The third kappa shape index (κ3) is 1.67. The monoisotopic (exact) mass is 164 g/mol. The lowest BCUT2D eigenvalue weighted by molar-refractivity contribution is 0.512. The second-order valence-corrected chi connectivity index (χ2v) is 3.09. The van der Waals surface area contributed by atoms with Crippen LogP contribution in [0.3, 0.4) is 0 Å². The largest absolute Gasteiger partial charge is 0.467 e. The highest BCUT2D eigenvalue weighted by Gasteiger charge is 2.25. The van der Waals surface area contributed by atoms with E-state index in [1.807, 2.05) is 12.1 Å². The first-order chi connectivity index (χ1) is 5.86. The lowest BCUT2D eigenvalue weighted by atomic mass is 10.4. The second kappa shape index (κ2) is 3.01. The molecular weight excluding hydrogens is 152 g/mol. The van der Waals surface area contributed by atoms with Crippen molar-refractivity contribution in [1.29, 1.82) is 0 Å². The fourth-order valence-corrected chi connectivity index (χ4v) is 1.08. The van der Waals surface area contributed by atoms with E-state index in [0.29, 0.717) is 12.5 Å². The van der Waals surface area contributed by atoms with Gasteiger partial charge in [0.05, 0.1) is 18.6 Å². The average molecular weight is 164 g/mol. The van der Waals surface area contributed by atoms with Crippen LogP contribution in [0.5, 0.6) is 0 Å². The summed E-state index contributed by atoms with van der Waals surface area (Å²) in [6.07, 6.45) is 4.05. The first kappa shape index (κ1) is 7.40. The summed E-state index contributed by atoms with van der Waals surface area (Å²) in [6.45, 7) is 0.579. The molecule has 1 aliphatic carbocycles. The first-order valence-electron chi connectivity index (χ1n) is 4.18. The number of amidine groups is 1. The van der Waals surface area contributed by atoms with Crippen molar-refractivity contribution in [3.8, 4) is 0 Å². The van der Waals surface area contributed by atoms with Gasteiger partial charge in [-0.05, 0) is 25.0 Å². The van der Waals surface area contributed by atoms with Crippen LogP contribution in [-0.4, -0.2) is 5.84 Å². The van der Waals surface area contributed by atoms with Gasteiger partial charge < -0.3 is 10.2 Å². The highest BCUT2D eigenvalue weighted by atomic mass is 16.3. The normalized spacial score (nSPS) is 18.2. The van der Waals surface area contributed by atoms with Crippen molar-refractivity contribution >= 4 is 5.84 Å². The van der Waals surface area contributed by atoms with E-state index in [4.69, 9.17) is 10.2 Å². The van der Waals surface area contributed by atoms with Gasteiger partial charge in [-0.15, -0.1) is 0 Å². The van der Waals surface area contributed by atoms with E-state index in [9.17, 15) is 0 Å². The molecule has 3 nitrogen and oxygen atoms in total. The van der Waals surface area contributed by atoms with Crippen LogP contribution in [0, 0.1) is 5.92 Å². The molecule has 3 heteroatoms. The molecular formula is C9H12N2O. The van der Waals surface area contributed by atoms with Crippen LogP contribution in [0.25, 0.3) is 0 Å². The molecule has 64 valence electrons. The molecule has 0 aromatic carbocycles. The lowest BCUT2D eigenvalue weighted by Crippen LogP contribution is -2.13. The zero-order valence-electron chi connectivity index (χ0n) is 6.86. The van der Waals surface area contributed by atoms with Crippen molar-refractivity contribution in [1.82, 2.24) is 0 Å². The van der Waals surface area contributed by atoms with E-state index >= 15 is 0 Å². The lowest BCUT2D eigenvalue weighted by Gasteiger charge is -1.94. The summed E-state index contributed by atoms with van der Waals surface area (Å²) in [7, 11) is 0. The van der Waals surface area contributed by atoms with Gasteiger partial charge in [0.25, 0.3) is 0 Å². The highest BCUT2D eigenvalue weighted by Crippen LogP contribution is 2.28. The van der Waals surface area contributed by atoms with Crippen LogP contribution in [0.2, 0.25) is 0 Å². The van der Waals surface area contributed by atoms with Crippen molar-refractivity contribution in [2.24, 2.45) is 16.6 Å². The minimum absolute atomic E-state index is 0.556. The number of hydrogen-bond acceptors (Lipinski definition) is 2. The van der Waals surface area contributed by atoms with E-state index < -0.39 is 0 Å². The molecule has 2 rings (SSSR count). The van der Waals surface area contributed by atoms with E-state index in [1.165, 1.54) is 12.8 Å². The molecule has 1 aromatic heterocycles. The number of nitrogens with zero attached hydrogens (tertiary/aromatic N) is 1. The van der Waals surface area contributed by atoms with Gasteiger partial charge in [0.1, 0.15) is 5.76 Å². The topological polar surface area (TPSA) is 51.5 Å². The maximum absolute atomic E-state index is 5.70. The Labute approximate surface area is 71.3 Å². The van der Waals surface area contributed by atoms with Gasteiger partial charge >= 0.3 is 0 Å². The fourth-order valence-electron chi connectivity index (χ4n) is 1.08. The van der Waals surface area contributed by atoms with Crippen LogP contribution in [0.4, 0.5) is 0 Å². The Hall–Kier alpha value is -1.25. The second-order valence-electron chi connectivity index (χ2n) is 3.09. The molecule has 0 aliphatic heterocycles. The molecule has 0 radical (unpaired) electrons. The molecule has 1 fully saturated rings. The zero-order chi connectivity index (χ0) is 8.39. The molecule has 1 aromatic rings. The summed E-state index contributed by atoms with van der Waals surface area (Å²) >= 11 is 0. The Morgan fingerprint density at radius 3 is 3.08 bits per heavy atom. The molecule has 2 N–H and O–H groups in total. The van der Waals surface area contributed by atoms with Crippen molar-refractivity contribution in [2.75, 3.05) is 0 Å². The third-order valence-electron chi connectivity index (χ3n) is 1.99. The predicted octanol–water partition coefficient (Wildman–Crippen LogP) is 1.55. The molecule has 0 unspecified atom stereocenters. The Morgan fingerprint density at radius 1 is 1.67 bits per heavy atom. The van der Waals surface area contributed by atoms with Gasteiger partial charge in [0.2, 0.25) is 0 Å². The van der Waals surface area contributed by atoms with E-state index in [-0.39, 0.29) is 0 Å². The number of aliphatic imine (C=N–C) groups is 1.